The average molecular weight is 434 g/mol. The van der Waals surface area contributed by atoms with Crippen LogP contribution in [0.4, 0.5) is 4.39 Å². The Labute approximate surface area is 188 Å². The summed E-state index contributed by atoms with van der Waals surface area (Å²) in [6, 6.07) is 17.1. The maximum atomic E-state index is 13.9. The summed E-state index contributed by atoms with van der Waals surface area (Å²) in [6.07, 6.45) is 5.99. The molecule has 4 rings (SSSR count). The number of aromatic nitrogens is 1. The monoisotopic (exact) mass is 433 g/mol. The highest BCUT2D eigenvalue weighted by Gasteiger charge is 2.23. The molecular weight excluding hydrogens is 405 g/mol. The normalized spacial score (nSPS) is 13.1. The summed E-state index contributed by atoms with van der Waals surface area (Å²) in [4.78, 5) is 15.8. The van der Waals surface area contributed by atoms with Crippen molar-refractivity contribution >= 4 is 5.97 Å². The van der Waals surface area contributed by atoms with E-state index in [4.69, 9.17) is 9.47 Å². The van der Waals surface area contributed by atoms with Gasteiger partial charge in [-0.05, 0) is 85.0 Å². The van der Waals surface area contributed by atoms with E-state index < -0.39 is 0 Å². The van der Waals surface area contributed by atoms with E-state index in [1.165, 1.54) is 30.5 Å². The molecule has 0 aliphatic heterocycles. The van der Waals surface area contributed by atoms with Gasteiger partial charge in [-0.25, -0.2) is 4.39 Å². The van der Waals surface area contributed by atoms with Gasteiger partial charge in [0.25, 0.3) is 0 Å². The third-order valence-electron chi connectivity index (χ3n) is 5.65. The van der Waals surface area contributed by atoms with E-state index in [0.29, 0.717) is 37.5 Å². The van der Waals surface area contributed by atoms with Crippen LogP contribution in [0.3, 0.4) is 0 Å². The van der Waals surface area contributed by atoms with Gasteiger partial charge in [-0.2, -0.15) is 0 Å². The molecule has 5 heteroatoms. The summed E-state index contributed by atoms with van der Waals surface area (Å²) in [7, 11) is 0. The lowest BCUT2D eigenvalue weighted by Gasteiger charge is -2.12. The second kappa shape index (κ2) is 10.4. The molecule has 0 unspecified atom stereocenters. The molecule has 0 radical (unpaired) electrons. The van der Waals surface area contributed by atoms with E-state index in [9.17, 15) is 9.18 Å². The van der Waals surface area contributed by atoms with Gasteiger partial charge in [-0.1, -0.05) is 30.3 Å². The van der Waals surface area contributed by atoms with Crippen molar-refractivity contribution in [3.8, 4) is 16.9 Å². The third kappa shape index (κ3) is 5.94. The molecular formula is C27H28FNO3. The van der Waals surface area contributed by atoms with Crippen LogP contribution in [0.5, 0.6) is 5.75 Å². The number of aryl methyl sites for hydroxylation is 1. The Bertz CT molecular complexity index is 1040. The lowest BCUT2D eigenvalue weighted by molar-refractivity contribution is -0.143. The van der Waals surface area contributed by atoms with Crippen LogP contribution in [0.1, 0.15) is 55.3 Å². The van der Waals surface area contributed by atoms with Crippen molar-refractivity contribution < 1.29 is 18.7 Å². The number of halogens is 1. The van der Waals surface area contributed by atoms with Crippen LogP contribution in [0.25, 0.3) is 11.1 Å². The van der Waals surface area contributed by atoms with Crippen molar-refractivity contribution in [3.63, 3.8) is 0 Å². The summed E-state index contributed by atoms with van der Waals surface area (Å²) in [5, 5.41) is 0. The fraction of sp³-hybridized carbons (Fsp3) is 0.333. The predicted octanol–water partition coefficient (Wildman–Crippen LogP) is 6.23. The van der Waals surface area contributed by atoms with Crippen LogP contribution >= 0.6 is 0 Å². The number of carbonyl (C=O) groups is 1. The van der Waals surface area contributed by atoms with Crippen molar-refractivity contribution in [1.82, 2.24) is 4.98 Å². The first kappa shape index (κ1) is 22.0. The molecule has 3 aromatic rings. The number of nitrogens with zero attached hydrogens (tertiary/aromatic N) is 1. The molecule has 2 aromatic carbocycles. The molecule has 1 aliphatic carbocycles. The first-order valence-electron chi connectivity index (χ1n) is 11.2. The SMILES string of the molecule is CCOC(=O)CCCc1ccc(OCc2cc(F)ccc2-c2ccc(C3CC3)cc2)cn1. The molecule has 166 valence electrons. The molecule has 1 aliphatic rings. The Morgan fingerprint density at radius 1 is 1.09 bits per heavy atom. The maximum Gasteiger partial charge on any atom is 0.305 e. The molecule has 0 bridgehead atoms. The van der Waals surface area contributed by atoms with Crippen molar-refractivity contribution in [3.05, 3.63) is 83.4 Å². The van der Waals surface area contributed by atoms with E-state index in [-0.39, 0.29) is 18.4 Å². The highest BCUT2D eigenvalue weighted by molar-refractivity contribution is 5.69. The van der Waals surface area contributed by atoms with Crippen LogP contribution in [0.15, 0.2) is 60.8 Å². The first-order valence-corrected chi connectivity index (χ1v) is 11.2. The van der Waals surface area contributed by atoms with Gasteiger partial charge in [0.15, 0.2) is 0 Å². The second-order valence-corrected chi connectivity index (χ2v) is 8.13. The van der Waals surface area contributed by atoms with E-state index in [1.807, 2.05) is 18.2 Å². The van der Waals surface area contributed by atoms with Gasteiger partial charge in [-0.3, -0.25) is 9.78 Å². The molecule has 1 saturated carbocycles. The van der Waals surface area contributed by atoms with Crippen LogP contribution in [-0.4, -0.2) is 17.6 Å². The number of rotatable bonds is 10. The van der Waals surface area contributed by atoms with Gasteiger partial charge in [0.05, 0.1) is 12.8 Å². The quantitative estimate of drug-likeness (QED) is 0.356. The molecule has 0 atom stereocenters. The van der Waals surface area contributed by atoms with Gasteiger partial charge in [0.1, 0.15) is 18.2 Å². The summed E-state index contributed by atoms with van der Waals surface area (Å²) in [5.41, 5.74) is 5.09. The zero-order valence-electron chi connectivity index (χ0n) is 18.4. The zero-order valence-corrected chi connectivity index (χ0v) is 18.4. The minimum absolute atomic E-state index is 0.180. The number of benzene rings is 2. The lowest BCUT2D eigenvalue weighted by Crippen LogP contribution is -2.04. The summed E-state index contributed by atoms with van der Waals surface area (Å²) < 4.78 is 24.8. The van der Waals surface area contributed by atoms with Gasteiger partial charge in [-0.15, -0.1) is 0 Å². The Balaban J connectivity index is 1.37. The Morgan fingerprint density at radius 3 is 2.59 bits per heavy atom. The van der Waals surface area contributed by atoms with Crippen molar-refractivity contribution in [2.75, 3.05) is 6.61 Å². The summed E-state index contributed by atoms with van der Waals surface area (Å²) in [6.45, 7) is 2.46. The predicted molar refractivity (Wildman–Crippen MR) is 122 cm³/mol. The number of pyridine rings is 1. The fourth-order valence-corrected chi connectivity index (χ4v) is 3.77. The standard InChI is InChI=1S/C27H28FNO3/c1-2-31-27(30)5-3-4-24-13-14-25(17-29-24)32-18-22-16-23(28)12-15-26(22)21-10-8-20(9-11-21)19-6-7-19/h8-17,19H,2-7,18H2,1H3. The Morgan fingerprint density at radius 2 is 1.91 bits per heavy atom. The van der Waals surface area contributed by atoms with Crippen molar-refractivity contribution in [2.24, 2.45) is 0 Å². The van der Waals surface area contributed by atoms with Gasteiger partial charge in [0, 0.05) is 12.1 Å². The summed E-state index contributed by atoms with van der Waals surface area (Å²) >= 11 is 0. The maximum absolute atomic E-state index is 13.9. The molecule has 0 amide bonds. The minimum Gasteiger partial charge on any atom is -0.487 e. The molecule has 0 saturated heterocycles. The highest BCUT2D eigenvalue weighted by Crippen LogP contribution is 2.40. The lowest BCUT2D eigenvalue weighted by atomic mass is 9.98. The molecule has 0 spiro atoms. The molecule has 1 fully saturated rings. The topological polar surface area (TPSA) is 48.4 Å². The highest BCUT2D eigenvalue weighted by atomic mass is 19.1. The van der Waals surface area contributed by atoms with Crippen LogP contribution < -0.4 is 4.74 Å². The molecule has 32 heavy (non-hydrogen) atoms. The zero-order chi connectivity index (χ0) is 22.3. The minimum atomic E-state index is -0.281. The molecule has 4 nitrogen and oxygen atoms in total. The fourth-order valence-electron chi connectivity index (χ4n) is 3.77. The largest absolute Gasteiger partial charge is 0.487 e. The van der Waals surface area contributed by atoms with Crippen LogP contribution in [0, 0.1) is 5.82 Å². The number of ether oxygens (including phenoxy) is 2. The van der Waals surface area contributed by atoms with E-state index in [0.717, 1.165) is 22.4 Å². The Hall–Kier alpha value is -3.21. The number of hydrogen-bond donors (Lipinski definition) is 0. The molecule has 1 heterocycles. The smallest absolute Gasteiger partial charge is 0.305 e. The number of carbonyl (C=O) groups excluding carboxylic acids is 1. The Kier molecular flexibility index (Phi) is 7.15. The summed E-state index contributed by atoms with van der Waals surface area (Å²) in [5.74, 6) is 0.872. The number of esters is 1. The molecule has 1 aromatic heterocycles. The van der Waals surface area contributed by atoms with Crippen molar-refractivity contribution in [2.45, 2.75) is 51.6 Å². The van der Waals surface area contributed by atoms with E-state index >= 15 is 0 Å². The third-order valence-corrected chi connectivity index (χ3v) is 5.65. The van der Waals surface area contributed by atoms with Crippen LogP contribution in [0.2, 0.25) is 0 Å². The number of hydrogen-bond acceptors (Lipinski definition) is 4. The first-order chi connectivity index (χ1) is 15.6. The average Bonchev–Trinajstić information content (AvgIpc) is 3.65. The molecule has 0 N–H and O–H groups in total. The van der Waals surface area contributed by atoms with Crippen molar-refractivity contribution in [1.29, 1.82) is 0 Å². The second-order valence-electron chi connectivity index (χ2n) is 8.13. The van der Waals surface area contributed by atoms with E-state index in [1.54, 1.807) is 13.1 Å². The van der Waals surface area contributed by atoms with E-state index in [2.05, 4.69) is 29.2 Å². The van der Waals surface area contributed by atoms with Crippen LogP contribution in [-0.2, 0) is 22.6 Å². The van der Waals surface area contributed by atoms with Gasteiger partial charge < -0.3 is 9.47 Å². The van der Waals surface area contributed by atoms with Gasteiger partial charge >= 0.3 is 5.97 Å². The van der Waals surface area contributed by atoms with Gasteiger partial charge in [0.2, 0.25) is 0 Å².